The highest BCUT2D eigenvalue weighted by molar-refractivity contribution is 5.99. The molecular formula is C27H28FN7O. The molecule has 2 aromatic carbocycles. The molecule has 184 valence electrons. The molecule has 9 heteroatoms. The van der Waals surface area contributed by atoms with Crippen molar-refractivity contribution in [3.05, 3.63) is 71.4 Å². The number of phenolic OH excluding ortho intramolecular Hbond substituents is 1. The van der Waals surface area contributed by atoms with Crippen LogP contribution >= 0.6 is 0 Å². The minimum Gasteiger partial charge on any atom is -0.506 e. The molecule has 0 aliphatic heterocycles. The van der Waals surface area contributed by atoms with Gasteiger partial charge in [0, 0.05) is 29.9 Å². The molecule has 0 spiro atoms. The van der Waals surface area contributed by atoms with E-state index in [9.17, 15) is 16.1 Å². The van der Waals surface area contributed by atoms with E-state index in [1.165, 1.54) is 36.5 Å². The lowest BCUT2D eigenvalue weighted by Crippen LogP contribution is -2.19. The van der Waals surface area contributed by atoms with Gasteiger partial charge in [0.15, 0.2) is 0 Å². The molecule has 2 heterocycles. The van der Waals surface area contributed by atoms with Crippen molar-refractivity contribution >= 4 is 22.3 Å². The second-order valence-electron chi connectivity index (χ2n) is 10.3. The molecule has 1 atom stereocenters. The zero-order valence-corrected chi connectivity index (χ0v) is 20.4. The van der Waals surface area contributed by atoms with Gasteiger partial charge >= 0.3 is 0 Å². The SMILES string of the molecule is [2H]C(Nc1cc(O)c2ncc(C#N)c(NCC(C)(C)C)c2c1)(c1ccc(F)cc1)c1cn(C2CC2)nn1. The number of nitrogens with zero attached hydrogens (tertiary/aromatic N) is 5. The lowest BCUT2D eigenvalue weighted by Gasteiger charge is -2.22. The highest BCUT2D eigenvalue weighted by Crippen LogP contribution is 2.38. The molecule has 1 fully saturated rings. The van der Waals surface area contributed by atoms with Crippen LogP contribution in [0.2, 0.25) is 0 Å². The maximum absolute atomic E-state index is 13.7. The lowest BCUT2D eigenvalue weighted by atomic mass is 9.96. The largest absolute Gasteiger partial charge is 0.506 e. The second-order valence-corrected chi connectivity index (χ2v) is 10.3. The normalized spacial score (nSPS) is 15.7. The Hall–Kier alpha value is -4.19. The third-order valence-corrected chi connectivity index (χ3v) is 5.96. The van der Waals surface area contributed by atoms with E-state index in [-0.39, 0.29) is 17.2 Å². The molecule has 5 rings (SSSR count). The number of fused-ring (bicyclic) bond motifs is 1. The van der Waals surface area contributed by atoms with Gasteiger partial charge in [-0.1, -0.05) is 38.1 Å². The van der Waals surface area contributed by atoms with Crippen molar-refractivity contribution in [1.82, 2.24) is 20.0 Å². The number of benzene rings is 2. The van der Waals surface area contributed by atoms with Crippen molar-refractivity contribution in [2.24, 2.45) is 5.41 Å². The van der Waals surface area contributed by atoms with Crippen LogP contribution in [0, 0.1) is 22.6 Å². The highest BCUT2D eigenvalue weighted by atomic mass is 19.1. The van der Waals surface area contributed by atoms with Crippen molar-refractivity contribution in [2.45, 2.75) is 45.7 Å². The molecule has 0 radical (unpaired) electrons. The molecule has 4 aromatic rings. The van der Waals surface area contributed by atoms with Crippen LogP contribution in [0.3, 0.4) is 0 Å². The smallest absolute Gasteiger partial charge is 0.143 e. The van der Waals surface area contributed by atoms with Crippen LogP contribution < -0.4 is 10.6 Å². The quantitative estimate of drug-likeness (QED) is 0.315. The maximum Gasteiger partial charge on any atom is 0.143 e. The Morgan fingerprint density at radius 3 is 2.69 bits per heavy atom. The van der Waals surface area contributed by atoms with Gasteiger partial charge in [-0.3, -0.25) is 4.98 Å². The number of phenols is 1. The van der Waals surface area contributed by atoms with Crippen molar-refractivity contribution in [2.75, 3.05) is 17.2 Å². The number of halogens is 1. The molecule has 1 unspecified atom stereocenters. The predicted octanol–water partition coefficient (Wildman–Crippen LogP) is 5.54. The second kappa shape index (κ2) is 9.11. The molecule has 8 nitrogen and oxygen atoms in total. The summed E-state index contributed by atoms with van der Waals surface area (Å²) < 4.78 is 24.9. The number of anilines is 2. The van der Waals surface area contributed by atoms with Gasteiger partial charge < -0.3 is 15.7 Å². The average molecular weight is 487 g/mol. The van der Waals surface area contributed by atoms with E-state index in [0.717, 1.165) is 12.8 Å². The van der Waals surface area contributed by atoms with Gasteiger partial charge in [0.25, 0.3) is 0 Å². The standard InChI is InChI=1S/C27H28FN7O/c1-27(2,3)15-31-24-17(12-29)13-30-26-21(24)10-19(11-23(26)36)32-25(16-4-6-18(28)7-5-16)22-14-35(34-33-22)20-8-9-20/h4-7,10-11,13-14,20,25,32,36H,8-9,15H2,1-3H3,(H,30,31)/i25D. The minimum absolute atomic E-state index is 0.0630. The van der Waals surface area contributed by atoms with E-state index < -0.39 is 11.8 Å². The third kappa shape index (κ3) is 4.93. The van der Waals surface area contributed by atoms with Crippen LogP contribution in [0.4, 0.5) is 15.8 Å². The molecule has 3 N–H and O–H groups in total. The molecule has 1 aliphatic rings. The number of hydrogen-bond donors (Lipinski definition) is 3. The first-order valence-corrected chi connectivity index (χ1v) is 11.8. The topological polar surface area (TPSA) is 112 Å². The number of hydrogen-bond acceptors (Lipinski definition) is 7. The molecular weight excluding hydrogens is 457 g/mol. The Labute approximate surface area is 210 Å². The van der Waals surface area contributed by atoms with E-state index in [2.05, 4.69) is 52.8 Å². The summed E-state index contributed by atoms with van der Waals surface area (Å²) in [4.78, 5) is 4.30. The molecule has 0 bridgehead atoms. The fourth-order valence-electron chi connectivity index (χ4n) is 3.94. The first-order chi connectivity index (χ1) is 17.6. The number of rotatable bonds is 7. The molecule has 1 aliphatic carbocycles. The van der Waals surface area contributed by atoms with Crippen molar-refractivity contribution in [3.8, 4) is 11.8 Å². The van der Waals surface area contributed by atoms with E-state index in [0.29, 0.717) is 45.6 Å². The summed E-state index contributed by atoms with van der Waals surface area (Å²) in [5.74, 6) is -0.521. The summed E-state index contributed by atoms with van der Waals surface area (Å²) >= 11 is 0. The van der Waals surface area contributed by atoms with Gasteiger partial charge in [0.05, 0.1) is 30.9 Å². The van der Waals surface area contributed by atoms with Gasteiger partial charge in [-0.15, -0.1) is 5.10 Å². The van der Waals surface area contributed by atoms with E-state index in [4.69, 9.17) is 0 Å². The Kier molecular flexibility index (Phi) is 5.64. The Balaban J connectivity index is 1.62. The van der Waals surface area contributed by atoms with Crippen LogP contribution in [0.15, 0.2) is 48.8 Å². The van der Waals surface area contributed by atoms with Crippen LogP contribution in [-0.4, -0.2) is 31.6 Å². The average Bonchev–Trinajstić information content (AvgIpc) is 3.58. The summed E-state index contributed by atoms with van der Waals surface area (Å²) in [7, 11) is 0. The third-order valence-electron chi connectivity index (χ3n) is 5.96. The van der Waals surface area contributed by atoms with Gasteiger partial charge in [-0.05, 0) is 42.0 Å². The summed E-state index contributed by atoms with van der Waals surface area (Å²) in [6.07, 6.45) is 5.18. The summed E-state index contributed by atoms with van der Waals surface area (Å²) in [5, 5.41) is 36.1. The Morgan fingerprint density at radius 2 is 2.03 bits per heavy atom. The number of nitrogens with one attached hydrogen (secondary N) is 2. The summed E-state index contributed by atoms with van der Waals surface area (Å²) in [5.41, 5.74) is 2.35. The van der Waals surface area contributed by atoms with Crippen LogP contribution in [0.25, 0.3) is 10.9 Å². The van der Waals surface area contributed by atoms with Crippen LogP contribution in [0.1, 0.15) is 63.9 Å². The molecule has 2 aromatic heterocycles. The summed E-state index contributed by atoms with van der Waals surface area (Å²) in [6, 6.07) is 9.66. The Morgan fingerprint density at radius 1 is 1.28 bits per heavy atom. The number of aromatic nitrogens is 4. The molecule has 0 amide bonds. The minimum atomic E-state index is -1.64. The van der Waals surface area contributed by atoms with Crippen molar-refractivity contribution in [3.63, 3.8) is 0 Å². The first-order valence-electron chi connectivity index (χ1n) is 12.3. The Bertz CT molecular complexity index is 1500. The maximum atomic E-state index is 13.7. The van der Waals surface area contributed by atoms with Crippen molar-refractivity contribution < 1.29 is 10.9 Å². The summed E-state index contributed by atoms with van der Waals surface area (Å²) in [6.45, 7) is 6.81. The van der Waals surface area contributed by atoms with E-state index >= 15 is 0 Å². The van der Waals surface area contributed by atoms with Crippen LogP contribution in [-0.2, 0) is 0 Å². The number of aromatic hydroxyl groups is 1. The van der Waals surface area contributed by atoms with Gasteiger partial charge in [0.2, 0.25) is 0 Å². The monoisotopic (exact) mass is 486 g/mol. The molecule has 0 saturated heterocycles. The van der Waals surface area contributed by atoms with E-state index in [1.807, 2.05) is 0 Å². The zero-order valence-electron chi connectivity index (χ0n) is 21.4. The van der Waals surface area contributed by atoms with Gasteiger partial charge in [-0.25, -0.2) is 9.07 Å². The molecule has 36 heavy (non-hydrogen) atoms. The van der Waals surface area contributed by atoms with E-state index in [1.54, 1.807) is 16.9 Å². The number of pyridine rings is 1. The fourth-order valence-corrected chi connectivity index (χ4v) is 3.94. The van der Waals surface area contributed by atoms with Crippen LogP contribution in [0.5, 0.6) is 5.75 Å². The van der Waals surface area contributed by atoms with Gasteiger partial charge in [-0.2, -0.15) is 5.26 Å². The number of nitriles is 1. The fraction of sp³-hybridized carbons (Fsp3) is 0.333. The predicted molar refractivity (Wildman–Crippen MR) is 136 cm³/mol. The zero-order chi connectivity index (χ0) is 26.4. The van der Waals surface area contributed by atoms with Gasteiger partial charge in [0.1, 0.15) is 28.8 Å². The molecule has 1 saturated carbocycles. The first kappa shape index (κ1) is 22.3. The lowest BCUT2D eigenvalue weighted by molar-refractivity contribution is 0.443. The van der Waals surface area contributed by atoms with Crippen molar-refractivity contribution in [1.29, 1.82) is 5.26 Å². The highest BCUT2D eigenvalue weighted by Gasteiger charge is 2.27.